The van der Waals surface area contributed by atoms with Crippen molar-refractivity contribution in [2.75, 3.05) is 0 Å². The van der Waals surface area contributed by atoms with Gasteiger partial charge in [0.1, 0.15) is 0 Å². The summed E-state index contributed by atoms with van der Waals surface area (Å²) >= 11 is 0. The topological polar surface area (TPSA) is 67.5 Å². The number of aromatic nitrogens is 3. The maximum absolute atomic E-state index is 11.1. The van der Waals surface area contributed by atoms with Crippen molar-refractivity contribution < 1.29 is 9.90 Å². The van der Waals surface area contributed by atoms with Crippen LogP contribution in [0.5, 0.6) is 0 Å². The van der Waals surface area contributed by atoms with Crippen LogP contribution in [-0.4, -0.2) is 25.7 Å². The lowest BCUT2D eigenvalue weighted by Gasteiger charge is -2.17. The zero-order chi connectivity index (χ0) is 12.5. The first-order valence-electron chi connectivity index (χ1n) is 6.34. The molecule has 5 nitrogen and oxygen atoms in total. The lowest BCUT2D eigenvalue weighted by atomic mass is 9.89. The molecule has 0 spiro atoms. The fourth-order valence-corrected chi connectivity index (χ4v) is 2.62. The highest BCUT2D eigenvalue weighted by Gasteiger charge is 2.21. The molecule has 5 heteroatoms. The van der Waals surface area contributed by atoms with E-state index >= 15 is 0 Å². The van der Waals surface area contributed by atoms with Gasteiger partial charge < -0.3 is 5.11 Å². The van der Waals surface area contributed by atoms with Crippen molar-refractivity contribution in [2.45, 2.75) is 38.0 Å². The summed E-state index contributed by atoms with van der Waals surface area (Å²) in [5, 5.41) is 13.5. The van der Waals surface area contributed by atoms with E-state index in [1.807, 2.05) is 0 Å². The Morgan fingerprint density at radius 2 is 2.06 bits per heavy atom. The molecule has 1 fully saturated rings. The molecule has 0 amide bonds. The molecule has 1 aliphatic rings. The molecule has 2 aromatic rings. The minimum Gasteiger partial charge on any atom is -0.477 e. The van der Waals surface area contributed by atoms with Crippen LogP contribution in [0.2, 0.25) is 0 Å². The van der Waals surface area contributed by atoms with Gasteiger partial charge in [0.2, 0.25) is 0 Å². The van der Waals surface area contributed by atoms with E-state index in [2.05, 4.69) is 10.1 Å². The fraction of sp³-hybridized carbons (Fsp3) is 0.462. The summed E-state index contributed by atoms with van der Waals surface area (Å²) in [4.78, 5) is 15.6. The van der Waals surface area contributed by atoms with E-state index in [4.69, 9.17) is 5.11 Å². The van der Waals surface area contributed by atoms with E-state index in [1.165, 1.54) is 23.8 Å². The van der Waals surface area contributed by atoms with Crippen molar-refractivity contribution in [1.29, 1.82) is 0 Å². The van der Waals surface area contributed by atoms with E-state index in [0.717, 1.165) is 18.7 Å². The molecule has 1 aliphatic carbocycles. The molecule has 1 N–H and O–H groups in total. The summed E-state index contributed by atoms with van der Waals surface area (Å²) in [7, 11) is 0. The van der Waals surface area contributed by atoms with Crippen molar-refractivity contribution in [1.82, 2.24) is 14.6 Å². The Balaban J connectivity index is 2.04. The van der Waals surface area contributed by atoms with Gasteiger partial charge in [0, 0.05) is 5.92 Å². The van der Waals surface area contributed by atoms with Crippen LogP contribution >= 0.6 is 0 Å². The van der Waals surface area contributed by atoms with E-state index in [-0.39, 0.29) is 5.69 Å². The van der Waals surface area contributed by atoms with Crippen molar-refractivity contribution in [3.05, 3.63) is 29.7 Å². The second kappa shape index (κ2) is 4.40. The van der Waals surface area contributed by atoms with E-state index in [9.17, 15) is 4.79 Å². The monoisotopic (exact) mass is 245 g/mol. The Bertz CT molecular complexity index is 585. The van der Waals surface area contributed by atoms with Gasteiger partial charge in [0.15, 0.2) is 17.2 Å². The number of pyridine rings is 1. The number of nitrogens with zero attached hydrogens (tertiary/aromatic N) is 3. The minimum atomic E-state index is -0.972. The molecule has 0 atom stereocenters. The predicted molar refractivity (Wildman–Crippen MR) is 65.8 cm³/mol. The van der Waals surface area contributed by atoms with E-state index in [1.54, 1.807) is 18.2 Å². The Labute approximate surface area is 104 Å². The normalized spacial score (nSPS) is 17.1. The number of carboxylic acids is 1. The van der Waals surface area contributed by atoms with Crippen LogP contribution in [0.1, 0.15) is 54.3 Å². The van der Waals surface area contributed by atoms with Gasteiger partial charge >= 0.3 is 5.97 Å². The SMILES string of the molecule is O=C(O)c1cccc2nc(C3CCCCC3)nn12. The lowest BCUT2D eigenvalue weighted by molar-refractivity contribution is 0.0687. The van der Waals surface area contributed by atoms with E-state index in [0.29, 0.717) is 11.6 Å². The Kier molecular flexibility index (Phi) is 2.74. The molecule has 0 aromatic carbocycles. The minimum absolute atomic E-state index is 0.169. The second-order valence-electron chi connectivity index (χ2n) is 4.79. The first-order chi connectivity index (χ1) is 8.75. The van der Waals surface area contributed by atoms with Crippen molar-refractivity contribution >= 4 is 11.6 Å². The predicted octanol–water partition coefficient (Wildman–Crippen LogP) is 2.48. The number of hydrogen-bond donors (Lipinski definition) is 1. The number of carboxylic acid groups (broad SMARTS) is 1. The van der Waals surface area contributed by atoms with Crippen LogP contribution in [0.25, 0.3) is 5.65 Å². The third-order valence-corrected chi connectivity index (χ3v) is 3.57. The largest absolute Gasteiger partial charge is 0.477 e. The summed E-state index contributed by atoms with van der Waals surface area (Å²) in [5.74, 6) is 0.212. The number of rotatable bonds is 2. The molecular formula is C13H15N3O2. The standard InChI is InChI=1S/C13H15N3O2/c17-13(18)10-7-4-8-11-14-12(15-16(10)11)9-5-2-1-3-6-9/h4,7-9H,1-3,5-6H2,(H,17,18). The van der Waals surface area contributed by atoms with Crippen LogP contribution in [0.3, 0.4) is 0 Å². The number of fused-ring (bicyclic) bond motifs is 1. The van der Waals surface area contributed by atoms with Gasteiger partial charge in [-0.15, -0.1) is 0 Å². The third kappa shape index (κ3) is 1.85. The summed E-state index contributed by atoms with van der Waals surface area (Å²) < 4.78 is 1.44. The molecule has 0 unspecified atom stereocenters. The molecule has 0 aliphatic heterocycles. The van der Waals surface area contributed by atoms with Gasteiger partial charge in [-0.2, -0.15) is 5.10 Å². The molecule has 0 bridgehead atoms. The first kappa shape index (κ1) is 11.2. The Morgan fingerprint density at radius 3 is 2.78 bits per heavy atom. The number of carbonyl (C=O) groups is 1. The summed E-state index contributed by atoms with van der Waals surface area (Å²) in [6, 6.07) is 5.05. The average molecular weight is 245 g/mol. The lowest BCUT2D eigenvalue weighted by Crippen LogP contribution is -2.08. The molecule has 0 radical (unpaired) electrons. The Hall–Kier alpha value is -1.91. The van der Waals surface area contributed by atoms with Crippen molar-refractivity contribution in [3.63, 3.8) is 0 Å². The highest BCUT2D eigenvalue weighted by atomic mass is 16.4. The highest BCUT2D eigenvalue weighted by Crippen LogP contribution is 2.30. The van der Waals surface area contributed by atoms with Crippen LogP contribution in [0.4, 0.5) is 0 Å². The smallest absolute Gasteiger partial charge is 0.354 e. The average Bonchev–Trinajstić information content (AvgIpc) is 2.83. The third-order valence-electron chi connectivity index (χ3n) is 3.57. The zero-order valence-electron chi connectivity index (χ0n) is 10.0. The second-order valence-corrected chi connectivity index (χ2v) is 4.79. The first-order valence-corrected chi connectivity index (χ1v) is 6.34. The molecule has 0 saturated heterocycles. The summed E-state index contributed by atoms with van der Waals surface area (Å²) in [6.07, 6.45) is 5.93. The molecule has 18 heavy (non-hydrogen) atoms. The van der Waals surface area contributed by atoms with Gasteiger partial charge in [-0.1, -0.05) is 25.3 Å². The summed E-state index contributed by atoms with van der Waals surface area (Å²) in [6.45, 7) is 0. The maximum Gasteiger partial charge on any atom is 0.354 e. The van der Waals surface area contributed by atoms with E-state index < -0.39 is 5.97 Å². The van der Waals surface area contributed by atoms with Gasteiger partial charge in [-0.3, -0.25) is 0 Å². The zero-order valence-corrected chi connectivity index (χ0v) is 10.0. The van der Waals surface area contributed by atoms with Crippen molar-refractivity contribution in [2.24, 2.45) is 0 Å². The van der Waals surface area contributed by atoms with Gasteiger partial charge in [-0.05, 0) is 25.0 Å². The quantitative estimate of drug-likeness (QED) is 0.882. The molecule has 2 aromatic heterocycles. The molecule has 1 saturated carbocycles. The van der Waals surface area contributed by atoms with Gasteiger partial charge in [0.25, 0.3) is 0 Å². The molecule has 2 heterocycles. The maximum atomic E-state index is 11.1. The van der Waals surface area contributed by atoms with Crippen molar-refractivity contribution in [3.8, 4) is 0 Å². The van der Waals surface area contributed by atoms with Gasteiger partial charge in [-0.25, -0.2) is 14.3 Å². The Morgan fingerprint density at radius 1 is 1.28 bits per heavy atom. The number of aromatic carboxylic acids is 1. The molecular weight excluding hydrogens is 230 g/mol. The summed E-state index contributed by atoms with van der Waals surface area (Å²) in [5.41, 5.74) is 0.789. The number of hydrogen-bond acceptors (Lipinski definition) is 3. The van der Waals surface area contributed by atoms with Gasteiger partial charge in [0.05, 0.1) is 0 Å². The van der Waals surface area contributed by atoms with Crippen LogP contribution in [0.15, 0.2) is 18.2 Å². The highest BCUT2D eigenvalue weighted by molar-refractivity contribution is 5.86. The molecule has 3 rings (SSSR count). The van der Waals surface area contributed by atoms with Crippen LogP contribution < -0.4 is 0 Å². The fourth-order valence-electron chi connectivity index (χ4n) is 2.62. The molecule has 94 valence electrons. The van der Waals surface area contributed by atoms with Crippen LogP contribution in [-0.2, 0) is 0 Å². The van der Waals surface area contributed by atoms with Crippen LogP contribution in [0, 0.1) is 0 Å².